The summed E-state index contributed by atoms with van der Waals surface area (Å²) in [4.78, 5) is 0.394. The number of quaternary nitrogens is 1. The van der Waals surface area contributed by atoms with Crippen LogP contribution in [0.4, 0.5) is 0 Å². The average Bonchev–Trinajstić information content (AvgIpc) is 2.51. The predicted octanol–water partition coefficient (Wildman–Crippen LogP) is 3.45. The third-order valence-electron chi connectivity index (χ3n) is 4.53. The number of aromatic hydroxyl groups is 1. The Balaban J connectivity index is 2.23. The maximum Gasteiger partial charge on any atom is 0.180 e. The zero-order valence-corrected chi connectivity index (χ0v) is 13.9. The lowest BCUT2D eigenvalue weighted by molar-refractivity contribution is -0.929. The first-order chi connectivity index (χ1) is 10.5. The Morgan fingerprint density at radius 1 is 1.14 bits per heavy atom. The Labute approximate surface area is 135 Å². The van der Waals surface area contributed by atoms with Crippen LogP contribution in [-0.2, 0) is 4.87 Å². The van der Waals surface area contributed by atoms with E-state index in [1.807, 2.05) is 37.3 Å². The lowest BCUT2D eigenvalue weighted by Gasteiger charge is -2.52. The summed E-state index contributed by atoms with van der Waals surface area (Å²) in [5, 5.41) is 23.8. The molecular weight excluding hydrogens is 294 g/mol. The van der Waals surface area contributed by atoms with Crippen LogP contribution in [0.5, 0.6) is 5.75 Å². The minimum absolute atomic E-state index is 0.0779. The van der Waals surface area contributed by atoms with Crippen LogP contribution in [0.2, 0.25) is 0 Å². The van der Waals surface area contributed by atoms with E-state index >= 15 is 0 Å². The van der Waals surface area contributed by atoms with Crippen LogP contribution in [0.15, 0.2) is 53.4 Å². The summed E-state index contributed by atoms with van der Waals surface area (Å²) in [6.07, 6.45) is 0. The number of para-hydroxylation sites is 1. The Bertz CT molecular complexity index is 688. The smallest absolute Gasteiger partial charge is 0.180 e. The van der Waals surface area contributed by atoms with Crippen molar-refractivity contribution in [2.24, 2.45) is 5.92 Å². The van der Waals surface area contributed by atoms with E-state index in [0.717, 1.165) is 16.0 Å². The SMILES string of the molecule is CC1c2ccccc2SC(c2ccccc2O)(C(C)C)[NH+]1[O-]. The first-order valence-electron chi connectivity index (χ1n) is 7.59. The normalized spacial score (nSPS) is 27.7. The van der Waals surface area contributed by atoms with Gasteiger partial charge in [0.25, 0.3) is 0 Å². The number of hydrogen-bond donors (Lipinski definition) is 2. The van der Waals surface area contributed by atoms with Crippen LogP contribution in [0.1, 0.15) is 37.9 Å². The summed E-state index contributed by atoms with van der Waals surface area (Å²) < 4.78 is 0. The number of fused-ring (bicyclic) bond motifs is 1. The van der Waals surface area contributed by atoms with Crippen molar-refractivity contribution in [2.45, 2.75) is 36.6 Å². The number of phenols is 1. The molecule has 2 N–H and O–H groups in total. The van der Waals surface area contributed by atoms with E-state index in [1.165, 1.54) is 0 Å². The number of benzene rings is 2. The van der Waals surface area contributed by atoms with Gasteiger partial charge in [-0.25, -0.2) is 0 Å². The molecule has 0 aliphatic carbocycles. The second-order valence-electron chi connectivity index (χ2n) is 6.13. The molecule has 3 unspecified atom stereocenters. The Morgan fingerprint density at radius 3 is 2.45 bits per heavy atom. The van der Waals surface area contributed by atoms with Gasteiger partial charge < -0.3 is 15.4 Å². The van der Waals surface area contributed by atoms with Gasteiger partial charge in [-0.2, -0.15) is 0 Å². The Hall–Kier alpha value is -1.49. The van der Waals surface area contributed by atoms with Crippen LogP contribution in [0.3, 0.4) is 0 Å². The lowest BCUT2D eigenvalue weighted by atomic mass is 9.91. The maximum atomic E-state index is 13.3. The molecule has 0 spiro atoms. The molecule has 4 heteroatoms. The van der Waals surface area contributed by atoms with Crippen molar-refractivity contribution in [3.63, 3.8) is 0 Å². The van der Waals surface area contributed by atoms with Gasteiger partial charge in [0.15, 0.2) is 4.87 Å². The van der Waals surface area contributed by atoms with Gasteiger partial charge in [0.2, 0.25) is 0 Å². The number of hydroxylamine groups is 2. The van der Waals surface area contributed by atoms with E-state index in [9.17, 15) is 10.3 Å². The fraction of sp³-hybridized carbons (Fsp3) is 0.333. The molecule has 0 fully saturated rings. The van der Waals surface area contributed by atoms with Crippen molar-refractivity contribution in [1.82, 2.24) is 0 Å². The number of rotatable bonds is 2. The molecule has 22 heavy (non-hydrogen) atoms. The summed E-state index contributed by atoms with van der Waals surface area (Å²) in [7, 11) is 0. The number of hydrogen-bond acceptors (Lipinski definition) is 3. The van der Waals surface area contributed by atoms with E-state index in [0.29, 0.717) is 0 Å². The van der Waals surface area contributed by atoms with Gasteiger partial charge in [0.1, 0.15) is 11.8 Å². The summed E-state index contributed by atoms with van der Waals surface area (Å²) in [6.45, 7) is 6.08. The largest absolute Gasteiger partial charge is 0.633 e. The van der Waals surface area contributed by atoms with Crippen molar-refractivity contribution in [3.05, 3.63) is 64.9 Å². The van der Waals surface area contributed by atoms with Crippen LogP contribution in [-0.4, -0.2) is 5.11 Å². The first kappa shape index (κ1) is 15.4. The molecular formula is C18H21NO2S. The molecule has 0 amide bonds. The molecule has 1 heterocycles. The van der Waals surface area contributed by atoms with E-state index in [1.54, 1.807) is 23.9 Å². The Morgan fingerprint density at radius 2 is 1.77 bits per heavy atom. The van der Waals surface area contributed by atoms with E-state index < -0.39 is 4.87 Å². The molecule has 2 aromatic rings. The molecule has 3 atom stereocenters. The second-order valence-corrected chi connectivity index (χ2v) is 7.42. The van der Waals surface area contributed by atoms with Gasteiger partial charge >= 0.3 is 0 Å². The molecule has 116 valence electrons. The minimum atomic E-state index is -0.737. The van der Waals surface area contributed by atoms with Crippen molar-refractivity contribution in [3.8, 4) is 5.75 Å². The molecule has 0 saturated carbocycles. The quantitative estimate of drug-likeness (QED) is 0.835. The van der Waals surface area contributed by atoms with E-state index in [2.05, 4.69) is 19.9 Å². The topological polar surface area (TPSA) is 47.7 Å². The highest BCUT2D eigenvalue weighted by molar-refractivity contribution is 8.00. The molecule has 3 rings (SSSR count). The van der Waals surface area contributed by atoms with Gasteiger partial charge in [-0.15, -0.1) is 0 Å². The summed E-state index contributed by atoms with van der Waals surface area (Å²) in [5.74, 6) is 0.276. The lowest BCUT2D eigenvalue weighted by Crippen LogP contribution is -3.15. The highest BCUT2D eigenvalue weighted by atomic mass is 32.2. The van der Waals surface area contributed by atoms with Crippen LogP contribution >= 0.6 is 11.8 Å². The van der Waals surface area contributed by atoms with Gasteiger partial charge in [0, 0.05) is 16.4 Å². The van der Waals surface area contributed by atoms with Gasteiger partial charge in [-0.1, -0.05) is 55.9 Å². The third kappa shape index (κ3) is 2.14. The van der Waals surface area contributed by atoms with Gasteiger partial charge in [-0.3, -0.25) is 0 Å². The Kier molecular flexibility index (Phi) is 3.93. The predicted molar refractivity (Wildman–Crippen MR) is 89.7 cm³/mol. The third-order valence-corrected chi connectivity index (χ3v) is 6.34. The summed E-state index contributed by atoms with van der Waals surface area (Å²) in [6, 6.07) is 15.1. The molecule has 0 saturated heterocycles. The van der Waals surface area contributed by atoms with Crippen LogP contribution in [0.25, 0.3) is 0 Å². The molecule has 0 radical (unpaired) electrons. The zero-order valence-electron chi connectivity index (χ0n) is 13.0. The molecule has 0 bridgehead atoms. The van der Waals surface area contributed by atoms with Crippen LogP contribution < -0.4 is 5.06 Å². The van der Waals surface area contributed by atoms with Crippen molar-refractivity contribution in [2.75, 3.05) is 0 Å². The number of phenolic OH excluding ortho intramolecular Hbond substituents is 1. The van der Waals surface area contributed by atoms with E-state index in [-0.39, 0.29) is 22.8 Å². The fourth-order valence-corrected chi connectivity index (χ4v) is 4.96. The molecule has 3 nitrogen and oxygen atoms in total. The highest BCUT2D eigenvalue weighted by Crippen LogP contribution is 2.50. The van der Waals surface area contributed by atoms with Gasteiger partial charge in [-0.05, 0) is 25.1 Å². The fourth-order valence-electron chi connectivity index (χ4n) is 3.31. The monoisotopic (exact) mass is 315 g/mol. The molecule has 0 aromatic heterocycles. The van der Waals surface area contributed by atoms with Crippen molar-refractivity contribution >= 4 is 11.8 Å². The standard InChI is InChI=1S/C18H21NO2S/c1-12(2)18(15-9-5-6-10-16(15)20)19(21)13(3)14-8-4-7-11-17(14)22-18/h4-13,19-20H,1-3H3. The second kappa shape index (κ2) is 5.61. The number of nitrogens with one attached hydrogen (secondary N) is 1. The molecule has 1 aliphatic rings. The molecule has 1 aliphatic heterocycles. The summed E-state index contributed by atoms with van der Waals surface area (Å²) in [5.41, 5.74) is 1.81. The maximum absolute atomic E-state index is 13.3. The van der Waals surface area contributed by atoms with Crippen LogP contribution in [0, 0.1) is 11.1 Å². The van der Waals surface area contributed by atoms with E-state index in [4.69, 9.17) is 0 Å². The minimum Gasteiger partial charge on any atom is -0.633 e. The van der Waals surface area contributed by atoms with Crippen molar-refractivity contribution in [1.29, 1.82) is 0 Å². The first-order valence-corrected chi connectivity index (χ1v) is 8.41. The highest BCUT2D eigenvalue weighted by Gasteiger charge is 2.50. The summed E-state index contributed by atoms with van der Waals surface area (Å²) >= 11 is 1.58. The van der Waals surface area contributed by atoms with Crippen molar-refractivity contribution < 1.29 is 10.2 Å². The molecule has 2 aromatic carbocycles. The zero-order chi connectivity index (χ0) is 15.9. The number of thioether (sulfide) groups is 1. The van der Waals surface area contributed by atoms with Gasteiger partial charge in [0.05, 0.1) is 5.56 Å². The average molecular weight is 315 g/mol.